The van der Waals surface area contributed by atoms with Gasteiger partial charge in [0, 0.05) is 17.7 Å². The molecule has 2 N–H and O–H groups in total. The van der Waals surface area contributed by atoms with Gasteiger partial charge in [-0.1, -0.05) is 11.6 Å². The maximum Gasteiger partial charge on any atom is 0.125 e. The number of rotatable bonds is 9. The summed E-state index contributed by atoms with van der Waals surface area (Å²) in [6.45, 7) is 2.78. The Morgan fingerprint density at radius 1 is 1.20 bits per heavy atom. The molecule has 0 aliphatic heterocycles. The molecule has 1 rings (SSSR count). The Morgan fingerprint density at radius 3 is 2.60 bits per heavy atom. The highest BCUT2D eigenvalue weighted by Crippen LogP contribution is 2.28. The minimum atomic E-state index is -0.746. The van der Waals surface area contributed by atoms with Crippen LogP contribution in [0.25, 0.3) is 0 Å². The van der Waals surface area contributed by atoms with Crippen molar-refractivity contribution in [2.24, 2.45) is 0 Å². The predicted octanol–water partition coefficient (Wildman–Crippen LogP) is 1.80. The summed E-state index contributed by atoms with van der Waals surface area (Å²) in [5.74, 6) is 0.500. The monoisotopic (exact) mass is 304 g/mol. The standard InChI is InChI=1S/C14H21ClO5/c1-10(16)13-7-11(15)3-4-14(13)20-9-12(17)8-19-6-5-18-2/h3-4,7,10,12,16-17H,5-6,8-9H2,1-2H3/t10-,12?/m0/s1. The van der Waals surface area contributed by atoms with E-state index in [1.54, 1.807) is 32.2 Å². The molecular weight excluding hydrogens is 284 g/mol. The molecule has 1 aromatic rings. The number of benzene rings is 1. The number of methoxy groups -OCH3 is 1. The van der Waals surface area contributed by atoms with Crippen molar-refractivity contribution < 1.29 is 24.4 Å². The van der Waals surface area contributed by atoms with Gasteiger partial charge in [-0.25, -0.2) is 0 Å². The second-order valence-electron chi connectivity index (χ2n) is 4.39. The number of hydrogen-bond donors (Lipinski definition) is 2. The lowest BCUT2D eigenvalue weighted by Crippen LogP contribution is -2.24. The van der Waals surface area contributed by atoms with Crippen LogP contribution in [0.2, 0.25) is 5.02 Å². The van der Waals surface area contributed by atoms with Gasteiger partial charge in [-0.05, 0) is 25.1 Å². The Morgan fingerprint density at radius 2 is 1.95 bits per heavy atom. The van der Waals surface area contributed by atoms with Gasteiger partial charge in [0.25, 0.3) is 0 Å². The number of aliphatic hydroxyl groups is 2. The molecule has 0 amide bonds. The van der Waals surface area contributed by atoms with E-state index in [2.05, 4.69) is 0 Å². The first kappa shape index (κ1) is 17.2. The Balaban J connectivity index is 2.44. The lowest BCUT2D eigenvalue weighted by molar-refractivity contribution is -0.00460. The zero-order valence-electron chi connectivity index (χ0n) is 11.7. The highest BCUT2D eigenvalue weighted by atomic mass is 35.5. The van der Waals surface area contributed by atoms with Gasteiger partial charge < -0.3 is 24.4 Å². The fourth-order valence-corrected chi connectivity index (χ4v) is 1.75. The molecule has 114 valence electrons. The topological polar surface area (TPSA) is 68.2 Å². The smallest absolute Gasteiger partial charge is 0.125 e. The average molecular weight is 305 g/mol. The van der Waals surface area contributed by atoms with Crippen LogP contribution in [0.3, 0.4) is 0 Å². The van der Waals surface area contributed by atoms with Gasteiger partial charge in [-0.2, -0.15) is 0 Å². The van der Waals surface area contributed by atoms with E-state index < -0.39 is 12.2 Å². The molecule has 1 aromatic carbocycles. The minimum Gasteiger partial charge on any atom is -0.490 e. The second-order valence-corrected chi connectivity index (χ2v) is 4.83. The lowest BCUT2D eigenvalue weighted by atomic mass is 10.1. The Labute approximate surface area is 124 Å². The SMILES string of the molecule is COCCOCC(O)COc1ccc(Cl)cc1[C@H](C)O. The molecule has 0 saturated heterocycles. The second kappa shape index (κ2) is 9.15. The normalized spacial score (nSPS) is 14.1. The highest BCUT2D eigenvalue weighted by molar-refractivity contribution is 6.30. The summed E-state index contributed by atoms with van der Waals surface area (Å²) >= 11 is 5.87. The molecule has 0 saturated carbocycles. The molecule has 0 heterocycles. The summed E-state index contributed by atoms with van der Waals surface area (Å²) in [6, 6.07) is 4.98. The van der Waals surface area contributed by atoms with Crippen LogP contribution in [0.1, 0.15) is 18.6 Å². The van der Waals surface area contributed by atoms with Crippen molar-refractivity contribution in [3.05, 3.63) is 28.8 Å². The van der Waals surface area contributed by atoms with Gasteiger partial charge in [0.2, 0.25) is 0 Å². The summed E-state index contributed by atoms with van der Waals surface area (Å²) in [5.41, 5.74) is 0.588. The molecule has 0 fully saturated rings. The van der Waals surface area contributed by atoms with Gasteiger partial charge in [0.1, 0.15) is 18.5 Å². The van der Waals surface area contributed by atoms with Crippen LogP contribution in [-0.4, -0.2) is 49.9 Å². The molecule has 5 nitrogen and oxygen atoms in total. The Kier molecular flexibility index (Phi) is 7.87. The van der Waals surface area contributed by atoms with Crippen LogP contribution in [0, 0.1) is 0 Å². The molecule has 6 heteroatoms. The Hall–Kier alpha value is -0.850. The van der Waals surface area contributed by atoms with Gasteiger partial charge >= 0.3 is 0 Å². The van der Waals surface area contributed by atoms with E-state index in [0.29, 0.717) is 29.5 Å². The van der Waals surface area contributed by atoms with Gasteiger partial charge in [0.05, 0.1) is 25.9 Å². The highest BCUT2D eigenvalue weighted by Gasteiger charge is 2.12. The molecule has 2 atom stereocenters. The first-order valence-corrected chi connectivity index (χ1v) is 6.77. The summed E-state index contributed by atoms with van der Waals surface area (Å²) in [5, 5.41) is 19.9. The summed E-state index contributed by atoms with van der Waals surface area (Å²) in [6.07, 6.45) is -1.44. The van der Waals surface area contributed by atoms with Crippen molar-refractivity contribution in [1.82, 2.24) is 0 Å². The van der Waals surface area contributed by atoms with E-state index in [1.165, 1.54) is 0 Å². The molecule has 0 bridgehead atoms. The van der Waals surface area contributed by atoms with E-state index in [-0.39, 0.29) is 13.2 Å². The van der Waals surface area contributed by atoms with Crippen LogP contribution >= 0.6 is 11.6 Å². The van der Waals surface area contributed by atoms with Gasteiger partial charge in [-0.3, -0.25) is 0 Å². The van der Waals surface area contributed by atoms with Crippen molar-refractivity contribution in [2.45, 2.75) is 19.1 Å². The van der Waals surface area contributed by atoms with Crippen molar-refractivity contribution in [1.29, 1.82) is 0 Å². The zero-order chi connectivity index (χ0) is 15.0. The molecule has 20 heavy (non-hydrogen) atoms. The van der Waals surface area contributed by atoms with Crippen LogP contribution < -0.4 is 4.74 Å². The molecular formula is C14H21ClO5. The summed E-state index contributed by atoms with van der Waals surface area (Å²) in [7, 11) is 1.58. The van der Waals surface area contributed by atoms with Crippen LogP contribution in [-0.2, 0) is 9.47 Å². The molecule has 1 unspecified atom stereocenters. The maximum atomic E-state index is 9.71. The van der Waals surface area contributed by atoms with Crippen LogP contribution in [0.5, 0.6) is 5.75 Å². The summed E-state index contributed by atoms with van der Waals surface area (Å²) in [4.78, 5) is 0. The number of hydrogen-bond acceptors (Lipinski definition) is 5. The fraction of sp³-hybridized carbons (Fsp3) is 0.571. The molecule has 0 radical (unpaired) electrons. The quantitative estimate of drug-likeness (QED) is 0.681. The third-order valence-electron chi connectivity index (χ3n) is 2.60. The molecule has 0 spiro atoms. The van der Waals surface area contributed by atoms with Gasteiger partial charge in [0.15, 0.2) is 0 Å². The fourth-order valence-electron chi connectivity index (χ4n) is 1.57. The van der Waals surface area contributed by atoms with Crippen molar-refractivity contribution in [3.8, 4) is 5.75 Å². The van der Waals surface area contributed by atoms with Gasteiger partial charge in [-0.15, -0.1) is 0 Å². The van der Waals surface area contributed by atoms with E-state index in [9.17, 15) is 10.2 Å². The molecule has 0 aromatic heterocycles. The van der Waals surface area contributed by atoms with E-state index >= 15 is 0 Å². The zero-order valence-corrected chi connectivity index (χ0v) is 12.5. The van der Waals surface area contributed by atoms with Crippen molar-refractivity contribution in [3.63, 3.8) is 0 Å². The van der Waals surface area contributed by atoms with E-state index in [1.807, 2.05) is 0 Å². The molecule has 0 aliphatic rings. The maximum absolute atomic E-state index is 9.71. The first-order chi connectivity index (χ1) is 9.54. The molecule has 0 aliphatic carbocycles. The Bertz CT molecular complexity index is 397. The van der Waals surface area contributed by atoms with E-state index in [4.69, 9.17) is 25.8 Å². The largest absolute Gasteiger partial charge is 0.490 e. The van der Waals surface area contributed by atoms with Crippen molar-refractivity contribution in [2.75, 3.05) is 33.5 Å². The number of halogens is 1. The third-order valence-corrected chi connectivity index (χ3v) is 2.83. The number of ether oxygens (including phenoxy) is 3. The third kappa shape index (κ3) is 6.07. The summed E-state index contributed by atoms with van der Waals surface area (Å²) < 4.78 is 15.5. The lowest BCUT2D eigenvalue weighted by Gasteiger charge is -2.16. The van der Waals surface area contributed by atoms with Crippen LogP contribution in [0.4, 0.5) is 0 Å². The first-order valence-electron chi connectivity index (χ1n) is 6.39. The minimum absolute atomic E-state index is 0.0777. The van der Waals surface area contributed by atoms with Crippen molar-refractivity contribution >= 4 is 11.6 Å². The van der Waals surface area contributed by atoms with E-state index in [0.717, 1.165) is 0 Å². The predicted molar refractivity (Wildman–Crippen MR) is 76.3 cm³/mol. The average Bonchev–Trinajstić information content (AvgIpc) is 2.42. The number of aliphatic hydroxyl groups excluding tert-OH is 2. The van der Waals surface area contributed by atoms with Crippen LogP contribution in [0.15, 0.2) is 18.2 Å².